The van der Waals surface area contributed by atoms with Crippen LogP contribution in [-0.4, -0.2) is 105 Å². The average Bonchev–Trinajstić information content (AvgIpc) is 3.89. The molecule has 0 aromatic heterocycles. The summed E-state index contributed by atoms with van der Waals surface area (Å²) < 4.78 is 36.0. The monoisotopic (exact) mass is 690 g/mol. The molecule has 0 bridgehead atoms. The number of carbonyl (C=O) groups is 5. The molecular formula is C35H46O14. The molecule has 8 aliphatic rings. The maximum absolute atomic E-state index is 14.9. The molecule has 5 saturated carbocycles. The van der Waals surface area contributed by atoms with Gasteiger partial charge in [0.25, 0.3) is 0 Å². The van der Waals surface area contributed by atoms with E-state index in [2.05, 4.69) is 0 Å². The first-order valence-corrected chi connectivity index (χ1v) is 17.3. The first-order valence-electron chi connectivity index (χ1n) is 17.3. The fraction of sp³-hybridized carbons (Fsp3) is 0.857. The van der Waals surface area contributed by atoms with Crippen LogP contribution in [0.1, 0.15) is 68.7 Å². The number of carbonyl (C=O) groups excluding carboxylic acids is 5. The highest BCUT2D eigenvalue weighted by Crippen LogP contribution is 2.81. The summed E-state index contributed by atoms with van der Waals surface area (Å²) in [5, 5.41) is 37.4. The van der Waals surface area contributed by atoms with Crippen LogP contribution in [0.15, 0.2) is 0 Å². The van der Waals surface area contributed by atoms with E-state index in [4.69, 9.17) is 28.4 Å². The first kappa shape index (κ1) is 33.5. The zero-order valence-electron chi connectivity index (χ0n) is 29.1. The minimum absolute atomic E-state index is 0.131. The van der Waals surface area contributed by atoms with Gasteiger partial charge in [-0.05, 0) is 37.5 Å². The summed E-state index contributed by atoms with van der Waals surface area (Å²) in [5.74, 6) is -10.6. The van der Waals surface area contributed by atoms with Gasteiger partial charge in [-0.2, -0.15) is 0 Å². The summed E-state index contributed by atoms with van der Waals surface area (Å²) in [6, 6.07) is 0. The van der Waals surface area contributed by atoms with E-state index in [9.17, 15) is 39.3 Å². The molecule has 3 saturated heterocycles. The molecule has 8 rings (SSSR count). The van der Waals surface area contributed by atoms with Crippen molar-refractivity contribution in [2.24, 2.45) is 57.7 Å². The predicted molar refractivity (Wildman–Crippen MR) is 160 cm³/mol. The summed E-state index contributed by atoms with van der Waals surface area (Å²) >= 11 is 0. The standard InChI is InChI=1S/C35H46O14/c1-11-18-17(23(44-13(3)36)26(40)34(43)10-16-22(47-16)28(31(18,34)7)46-15(5)38)20-24(45-14(4)37)21-19(30(20,6)25(11)39)12(2)27-35(48-27)32(21,8)33(9,42)29(41)49-35/h11-12,16-25,27-28,39,42-43H,10H2,1-9H3/t11-,12-,16-,17+,18-,19-,20+,21-,22-,23+,24+,25-,27-,28-,30+,31-,32-,33+,34-,35+/m0/s1. The van der Waals surface area contributed by atoms with Gasteiger partial charge in [0.2, 0.25) is 11.6 Å². The SMILES string of the molecule is CC(=O)O[C@@H]1[C@H]2[C@H]3[C@H]([C@H](C)[C@H](O)[C@]2(C)[C@H]2[C@H](C)[C@@H]4O[C@@]45OC(=O)[C@@](C)(O)[C@]5(C)[C@H]12)[C@@]1(C)[C@@H](OC(C)=O)[C@H]2O[C@H]2C[C@]1(O)C(=O)[C@@H]3OC(C)=O. The van der Waals surface area contributed by atoms with Crippen molar-refractivity contribution in [3.63, 3.8) is 0 Å². The van der Waals surface area contributed by atoms with Gasteiger partial charge in [-0.25, -0.2) is 4.79 Å². The molecule has 0 aromatic rings. The highest BCUT2D eigenvalue weighted by atomic mass is 16.8. The van der Waals surface area contributed by atoms with Crippen molar-refractivity contribution >= 4 is 29.7 Å². The molecule has 0 radical (unpaired) electrons. The van der Waals surface area contributed by atoms with Gasteiger partial charge in [0.1, 0.15) is 30.0 Å². The molecule has 5 aliphatic carbocycles. The summed E-state index contributed by atoms with van der Waals surface area (Å²) in [4.78, 5) is 66.8. The number of esters is 4. The molecule has 3 heterocycles. The summed E-state index contributed by atoms with van der Waals surface area (Å²) in [5.41, 5.74) is -8.52. The van der Waals surface area contributed by atoms with E-state index in [0.29, 0.717) is 0 Å². The van der Waals surface area contributed by atoms with Crippen molar-refractivity contribution in [2.45, 2.75) is 128 Å². The third-order valence-electron chi connectivity index (χ3n) is 15.3. The lowest BCUT2D eigenvalue weighted by Crippen LogP contribution is -2.78. The van der Waals surface area contributed by atoms with Gasteiger partial charge in [-0.3, -0.25) is 19.2 Å². The minimum atomic E-state index is -2.19. The molecule has 14 heteroatoms. The molecule has 14 nitrogen and oxygen atoms in total. The number of aliphatic hydroxyl groups excluding tert-OH is 1. The third-order valence-corrected chi connectivity index (χ3v) is 15.3. The number of fused-ring (bicyclic) bond motifs is 9. The second-order valence-corrected chi connectivity index (χ2v) is 17.1. The van der Waals surface area contributed by atoms with Crippen LogP contribution >= 0.6 is 0 Å². The van der Waals surface area contributed by atoms with Crippen LogP contribution < -0.4 is 0 Å². The number of ketones is 1. The van der Waals surface area contributed by atoms with Crippen LogP contribution in [0.2, 0.25) is 0 Å². The second kappa shape index (κ2) is 9.41. The second-order valence-electron chi connectivity index (χ2n) is 17.1. The molecule has 270 valence electrons. The molecule has 1 spiro atoms. The maximum Gasteiger partial charge on any atom is 0.341 e. The average molecular weight is 691 g/mol. The zero-order chi connectivity index (χ0) is 35.9. The van der Waals surface area contributed by atoms with E-state index in [-0.39, 0.29) is 6.42 Å². The van der Waals surface area contributed by atoms with E-state index in [1.807, 2.05) is 13.8 Å². The number of hydrogen-bond acceptors (Lipinski definition) is 14. The predicted octanol–water partition coefficient (Wildman–Crippen LogP) is 0.443. The van der Waals surface area contributed by atoms with E-state index in [1.165, 1.54) is 20.8 Å². The summed E-state index contributed by atoms with van der Waals surface area (Å²) in [6.07, 6.45) is -6.94. The van der Waals surface area contributed by atoms with Gasteiger partial charge in [0.15, 0.2) is 11.7 Å². The molecule has 0 unspecified atom stereocenters. The maximum atomic E-state index is 14.9. The normalized spacial score (nSPS) is 60.2. The van der Waals surface area contributed by atoms with Crippen molar-refractivity contribution in [3.05, 3.63) is 0 Å². The van der Waals surface area contributed by atoms with E-state index in [1.54, 1.807) is 20.8 Å². The van der Waals surface area contributed by atoms with Gasteiger partial charge < -0.3 is 43.7 Å². The van der Waals surface area contributed by atoms with Gasteiger partial charge in [0, 0.05) is 55.8 Å². The highest BCUT2D eigenvalue weighted by molar-refractivity contribution is 5.95. The Morgan fingerprint density at radius 1 is 0.837 bits per heavy atom. The Hall–Kier alpha value is -2.65. The van der Waals surface area contributed by atoms with Crippen LogP contribution in [0.5, 0.6) is 0 Å². The number of aliphatic hydroxyl groups is 3. The summed E-state index contributed by atoms with van der Waals surface area (Å²) in [6.45, 7) is 13.9. The molecular weight excluding hydrogens is 644 g/mol. The van der Waals surface area contributed by atoms with Gasteiger partial charge in [0.05, 0.1) is 17.6 Å². The summed E-state index contributed by atoms with van der Waals surface area (Å²) in [7, 11) is 0. The quantitative estimate of drug-likeness (QED) is 0.209. The Morgan fingerprint density at radius 3 is 2.04 bits per heavy atom. The lowest BCUT2D eigenvalue weighted by atomic mass is 9.38. The number of epoxide rings is 2. The van der Waals surface area contributed by atoms with Crippen molar-refractivity contribution in [3.8, 4) is 0 Å². The fourth-order valence-corrected chi connectivity index (χ4v) is 13.3. The van der Waals surface area contributed by atoms with Crippen LogP contribution in [0.3, 0.4) is 0 Å². The molecule has 49 heavy (non-hydrogen) atoms. The number of rotatable bonds is 3. The van der Waals surface area contributed by atoms with Crippen molar-refractivity contribution in [1.29, 1.82) is 0 Å². The fourth-order valence-electron chi connectivity index (χ4n) is 13.3. The molecule has 0 amide bonds. The lowest BCUT2D eigenvalue weighted by molar-refractivity contribution is -0.282. The largest absolute Gasteiger partial charge is 0.462 e. The lowest BCUT2D eigenvalue weighted by Gasteiger charge is -2.67. The Labute approximate surface area is 283 Å². The smallest absolute Gasteiger partial charge is 0.341 e. The van der Waals surface area contributed by atoms with E-state index in [0.717, 1.165) is 6.92 Å². The number of Topliss-reactive ketones (excluding diaryl/α,β-unsaturated/α-hetero) is 1. The Balaban J connectivity index is 1.39. The minimum Gasteiger partial charge on any atom is -0.462 e. The first-order chi connectivity index (χ1) is 22.6. The Bertz CT molecular complexity index is 1590. The Morgan fingerprint density at radius 2 is 1.45 bits per heavy atom. The number of ether oxygens (including phenoxy) is 6. The van der Waals surface area contributed by atoms with E-state index < -0.39 is 147 Å². The highest BCUT2D eigenvalue weighted by Gasteiger charge is 2.93. The van der Waals surface area contributed by atoms with Crippen LogP contribution in [0.4, 0.5) is 0 Å². The molecule has 20 atom stereocenters. The molecule has 0 aromatic carbocycles. The molecule has 3 aliphatic heterocycles. The van der Waals surface area contributed by atoms with Crippen molar-refractivity contribution in [1.82, 2.24) is 0 Å². The van der Waals surface area contributed by atoms with Gasteiger partial charge in [-0.1, -0.05) is 27.7 Å². The van der Waals surface area contributed by atoms with Gasteiger partial charge in [-0.15, -0.1) is 0 Å². The van der Waals surface area contributed by atoms with Gasteiger partial charge >= 0.3 is 23.9 Å². The molecule has 8 fully saturated rings. The topological polar surface area (TPSA) is 208 Å². The number of hydrogen-bond donors (Lipinski definition) is 3. The van der Waals surface area contributed by atoms with Crippen molar-refractivity contribution in [2.75, 3.05) is 0 Å². The third kappa shape index (κ3) is 3.44. The van der Waals surface area contributed by atoms with Crippen molar-refractivity contribution < 1.29 is 67.7 Å². The van der Waals surface area contributed by atoms with Crippen LogP contribution in [0.25, 0.3) is 0 Å². The van der Waals surface area contributed by atoms with Crippen LogP contribution in [0, 0.1) is 57.7 Å². The zero-order valence-corrected chi connectivity index (χ0v) is 29.1. The van der Waals surface area contributed by atoms with E-state index >= 15 is 0 Å². The van der Waals surface area contributed by atoms with Crippen LogP contribution in [-0.2, 0) is 52.4 Å². The molecule has 3 N–H and O–H groups in total. The Kier molecular flexibility index (Phi) is 6.43.